The summed E-state index contributed by atoms with van der Waals surface area (Å²) in [7, 11) is 0. The van der Waals surface area contributed by atoms with E-state index in [4.69, 9.17) is 23.2 Å². The summed E-state index contributed by atoms with van der Waals surface area (Å²) in [6.45, 7) is -0.0882. The molecule has 114 valence electrons. The molecule has 4 nitrogen and oxygen atoms in total. The van der Waals surface area contributed by atoms with Gasteiger partial charge in [0.2, 0.25) is 11.8 Å². The Morgan fingerprint density at radius 3 is 1.95 bits per heavy atom. The Bertz CT molecular complexity index is 595. The average molecular weight is 337 g/mol. The normalized spacial score (nSPS) is 10.1. The smallest absolute Gasteiger partial charge is 0.243 e. The van der Waals surface area contributed by atoms with E-state index in [1.165, 1.54) is 0 Å². The highest BCUT2D eigenvalue weighted by molar-refractivity contribution is 6.30. The van der Waals surface area contributed by atoms with E-state index >= 15 is 0 Å². The molecule has 0 radical (unpaired) electrons. The van der Waals surface area contributed by atoms with Crippen LogP contribution >= 0.6 is 23.2 Å². The molecule has 6 heteroatoms. The minimum absolute atomic E-state index is 0.0882. The monoisotopic (exact) mass is 336 g/mol. The summed E-state index contributed by atoms with van der Waals surface area (Å²) in [5, 5.41) is 6.44. The molecule has 0 aliphatic carbocycles. The number of halogens is 2. The average Bonchev–Trinajstić information content (AvgIpc) is 2.50. The van der Waals surface area contributed by atoms with Crippen LogP contribution < -0.4 is 10.6 Å². The molecule has 22 heavy (non-hydrogen) atoms. The van der Waals surface area contributed by atoms with Crippen LogP contribution in [0.15, 0.2) is 48.5 Å². The van der Waals surface area contributed by atoms with Crippen molar-refractivity contribution in [3.05, 3.63) is 64.1 Å². The zero-order valence-electron chi connectivity index (χ0n) is 11.6. The summed E-state index contributed by atoms with van der Waals surface area (Å²) in [6.07, 6.45) is 0.200. The first-order chi connectivity index (χ1) is 10.5. The molecule has 0 spiro atoms. The first kappa shape index (κ1) is 16.3. The topological polar surface area (TPSA) is 58.2 Å². The number of carbonyl (C=O) groups is 2. The second-order valence-corrected chi connectivity index (χ2v) is 5.51. The zero-order valence-corrected chi connectivity index (χ0v) is 13.1. The lowest BCUT2D eigenvalue weighted by Crippen LogP contribution is -2.33. The van der Waals surface area contributed by atoms with Crippen LogP contribution in [0.2, 0.25) is 10.0 Å². The third kappa shape index (κ3) is 5.39. The molecule has 0 aliphatic heterocycles. The van der Waals surface area contributed by atoms with Crippen molar-refractivity contribution in [1.82, 2.24) is 5.32 Å². The Kier molecular flexibility index (Phi) is 5.81. The number of hydrogen-bond donors (Lipinski definition) is 2. The number of benzene rings is 2. The fourth-order valence-corrected chi connectivity index (χ4v) is 2.02. The Labute approximate surface area is 138 Å². The molecule has 0 unspecified atom stereocenters. The lowest BCUT2D eigenvalue weighted by molar-refractivity contribution is -0.123. The fraction of sp³-hybridized carbons (Fsp3) is 0.125. The third-order valence-corrected chi connectivity index (χ3v) is 3.36. The van der Waals surface area contributed by atoms with Crippen LogP contribution in [0.1, 0.15) is 5.56 Å². The summed E-state index contributed by atoms with van der Waals surface area (Å²) in [4.78, 5) is 23.5. The van der Waals surface area contributed by atoms with E-state index < -0.39 is 0 Å². The van der Waals surface area contributed by atoms with Gasteiger partial charge in [-0.1, -0.05) is 35.3 Å². The first-order valence-corrected chi connectivity index (χ1v) is 7.35. The summed E-state index contributed by atoms with van der Waals surface area (Å²) in [6, 6.07) is 13.7. The molecule has 0 saturated carbocycles. The van der Waals surface area contributed by atoms with Crippen LogP contribution in [0.4, 0.5) is 5.69 Å². The molecule has 2 aromatic carbocycles. The molecule has 0 saturated heterocycles. The molecule has 0 bridgehead atoms. The number of nitrogens with one attached hydrogen (secondary N) is 2. The van der Waals surface area contributed by atoms with Crippen molar-refractivity contribution >= 4 is 40.7 Å². The van der Waals surface area contributed by atoms with Crippen LogP contribution in [-0.2, 0) is 16.0 Å². The van der Waals surface area contributed by atoms with Gasteiger partial charge in [-0.25, -0.2) is 0 Å². The molecule has 2 amide bonds. The van der Waals surface area contributed by atoms with Crippen molar-refractivity contribution in [3.8, 4) is 0 Å². The van der Waals surface area contributed by atoms with Crippen molar-refractivity contribution in [2.45, 2.75) is 6.42 Å². The molecule has 2 N–H and O–H groups in total. The molecular formula is C16H14Cl2N2O2. The van der Waals surface area contributed by atoms with Gasteiger partial charge in [-0.2, -0.15) is 0 Å². The van der Waals surface area contributed by atoms with Gasteiger partial charge in [0, 0.05) is 15.7 Å². The number of amides is 2. The highest BCUT2D eigenvalue weighted by atomic mass is 35.5. The van der Waals surface area contributed by atoms with Gasteiger partial charge in [-0.15, -0.1) is 0 Å². The Hall–Kier alpha value is -2.04. The molecule has 2 rings (SSSR count). The molecule has 0 atom stereocenters. The van der Waals surface area contributed by atoms with Gasteiger partial charge >= 0.3 is 0 Å². The van der Waals surface area contributed by atoms with Gasteiger partial charge in [0.15, 0.2) is 0 Å². The molecule has 0 aliphatic rings. The summed E-state index contributed by atoms with van der Waals surface area (Å²) in [5.74, 6) is -0.527. The number of rotatable bonds is 5. The van der Waals surface area contributed by atoms with Crippen molar-refractivity contribution in [1.29, 1.82) is 0 Å². The van der Waals surface area contributed by atoms with E-state index in [1.54, 1.807) is 48.5 Å². The lowest BCUT2D eigenvalue weighted by atomic mass is 10.1. The second kappa shape index (κ2) is 7.82. The van der Waals surface area contributed by atoms with E-state index in [-0.39, 0.29) is 24.8 Å². The number of hydrogen-bond acceptors (Lipinski definition) is 2. The molecule has 0 heterocycles. The van der Waals surface area contributed by atoms with Gasteiger partial charge in [0.25, 0.3) is 0 Å². The standard InChI is InChI=1S/C16H14Cl2N2O2/c17-12-3-1-11(2-4-12)9-15(21)19-10-16(22)20-14-7-5-13(18)6-8-14/h1-8H,9-10H2,(H,19,21)(H,20,22). The van der Waals surface area contributed by atoms with E-state index in [9.17, 15) is 9.59 Å². The number of carbonyl (C=O) groups excluding carboxylic acids is 2. The van der Waals surface area contributed by atoms with Crippen LogP contribution in [0, 0.1) is 0 Å². The summed E-state index contributed by atoms with van der Waals surface area (Å²) in [5.41, 5.74) is 1.46. The van der Waals surface area contributed by atoms with E-state index in [1.807, 2.05) is 0 Å². The summed E-state index contributed by atoms with van der Waals surface area (Å²) >= 11 is 11.5. The van der Waals surface area contributed by atoms with Crippen molar-refractivity contribution in [3.63, 3.8) is 0 Å². The highest BCUT2D eigenvalue weighted by Gasteiger charge is 2.07. The largest absolute Gasteiger partial charge is 0.347 e. The maximum atomic E-state index is 11.8. The van der Waals surface area contributed by atoms with Crippen LogP contribution in [0.5, 0.6) is 0 Å². The SMILES string of the molecule is O=C(Cc1ccc(Cl)cc1)NCC(=O)Nc1ccc(Cl)cc1. The van der Waals surface area contributed by atoms with Gasteiger partial charge in [0.05, 0.1) is 13.0 Å². The maximum absolute atomic E-state index is 11.8. The molecule has 2 aromatic rings. The Balaban J connectivity index is 1.76. The highest BCUT2D eigenvalue weighted by Crippen LogP contribution is 2.13. The lowest BCUT2D eigenvalue weighted by Gasteiger charge is -2.07. The molecular weight excluding hydrogens is 323 g/mol. The van der Waals surface area contributed by atoms with Crippen LogP contribution in [0.3, 0.4) is 0 Å². The predicted octanol–water partition coefficient (Wildman–Crippen LogP) is 3.29. The summed E-state index contributed by atoms with van der Waals surface area (Å²) < 4.78 is 0. The van der Waals surface area contributed by atoms with E-state index in [0.717, 1.165) is 5.56 Å². The van der Waals surface area contributed by atoms with Crippen LogP contribution in [0.25, 0.3) is 0 Å². The van der Waals surface area contributed by atoms with E-state index in [2.05, 4.69) is 10.6 Å². The van der Waals surface area contributed by atoms with E-state index in [0.29, 0.717) is 15.7 Å². The Morgan fingerprint density at radius 2 is 1.36 bits per heavy atom. The van der Waals surface area contributed by atoms with Gasteiger partial charge in [0.1, 0.15) is 0 Å². The molecule has 0 fully saturated rings. The van der Waals surface area contributed by atoms with Crippen LogP contribution in [-0.4, -0.2) is 18.4 Å². The third-order valence-electron chi connectivity index (χ3n) is 2.85. The van der Waals surface area contributed by atoms with Crippen molar-refractivity contribution in [2.75, 3.05) is 11.9 Å². The van der Waals surface area contributed by atoms with Gasteiger partial charge in [-0.05, 0) is 42.0 Å². The van der Waals surface area contributed by atoms with Gasteiger partial charge < -0.3 is 10.6 Å². The quantitative estimate of drug-likeness (QED) is 0.880. The Morgan fingerprint density at radius 1 is 0.818 bits per heavy atom. The minimum atomic E-state index is -0.299. The first-order valence-electron chi connectivity index (χ1n) is 6.59. The minimum Gasteiger partial charge on any atom is -0.347 e. The van der Waals surface area contributed by atoms with Crippen molar-refractivity contribution < 1.29 is 9.59 Å². The predicted molar refractivity (Wildman–Crippen MR) is 88.2 cm³/mol. The zero-order chi connectivity index (χ0) is 15.9. The van der Waals surface area contributed by atoms with Crippen molar-refractivity contribution in [2.24, 2.45) is 0 Å². The fourth-order valence-electron chi connectivity index (χ4n) is 1.77. The maximum Gasteiger partial charge on any atom is 0.243 e. The second-order valence-electron chi connectivity index (χ2n) is 4.64. The number of anilines is 1. The van der Waals surface area contributed by atoms with Gasteiger partial charge in [-0.3, -0.25) is 9.59 Å². The molecule has 0 aromatic heterocycles.